The predicted molar refractivity (Wildman–Crippen MR) is 110 cm³/mol. The maximum atomic E-state index is 12.9. The monoisotopic (exact) mass is 390 g/mol. The minimum Gasteiger partial charge on any atom is -0.337 e. The van der Waals surface area contributed by atoms with E-state index in [-0.39, 0.29) is 5.91 Å². The van der Waals surface area contributed by atoms with E-state index in [1.165, 1.54) is 0 Å². The Morgan fingerprint density at radius 3 is 2.79 bits per heavy atom. The molecule has 150 valence electrons. The van der Waals surface area contributed by atoms with Crippen molar-refractivity contribution >= 4 is 5.91 Å². The molecule has 7 nitrogen and oxygen atoms in total. The van der Waals surface area contributed by atoms with Crippen LogP contribution >= 0.6 is 0 Å². The molecule has 0 unspecified atom stereocenters. The fourth-order valence-electron chi connectivity index (χ4n) is 3.90. The number of carbonyl (C=O) groups is 1. The Balaban J connectivity index is 1.46. The first kappa shape index (κ1) is 19.2. The molecule has 1 atom stereocenters. The summed E-state index contributed by atoms with van der Waals surface area (Å²) in [6.07, 6.45) is 8.33. The first-order chi connectivity index (χ1) is 14.0. The number of hydrogen-bond donors (Lipinski definition) is 0. The molecule has 0 saturated carbocycles. The molecule has 0 radical (unpaired) electrons. The fourth-order valence-corrected chi connectivity index (χ4v) is 3.90. The molecule has 0 bridgehead atoms. The molecule has 0 aromatic carbocycles. The van der Waals surface area contributed by atoms with E-state index in [1.54, 1.807) is 12.3 Å². The van der Waals surface area contributed by atoms with Crippen molar-refractivity contribution in [3.8, 4) is 11.4 Å². The lowest BCUT2D eigenvalue weighted by atomic mass is 9.93. The van der Waals surface area contributed by atoms with Crippen LogP contribution in [0.25, 0.3) is 11.4 Å². The van der Waals surface area contributed by atoms with Gasteiger partial charge in [-0.3, -0.25) is 9.78 Å². The SMILES string of the molecule is Cc1cccc(C(=O)N2CCC[C@@H](Cc3cncc(-c4cnc(C)n4C)n3)C2)n1. The van der Waals surface area contributed by atoms with Crippen molar-refractivity contribution < 1.29 is 4.79 Å². The number of rotatable bonds is 4. The summed E-state index contributed by atoms with van der Waals surface area (Å²) in [5.74, 6) is 1.33. The molecule has 7 heteroatoms. The van der Waals surface area contributed by atoms with E-state index in [2.05, 4.69) is 15.0 Å². The van der Waals surface area contributed by atoms with Gasteiger partial charge in [-0.05, 0) is 51.2 Å². The van der Waals surface area contributed by atoms with Crippen LogP contribution in [0.4, 0.5) is 0 Å². The number of nitrogens with zero attached hydrogens (tertiary/aromatic N) is 6. The predicted octanol–water partition coefficient (Wildman–Crippen LogP) is 2.98. The van der Waals surface area contributed by atoms with Gasteiger partial charge in [0.2, 0.25) is 0 Å². The molecule has 0 aliphatic carbocycles. The van der Waals surface area contributed by atoms with Crippen LogP contribution in [-0.4, -0.2) is 48.4 Å². The van der Waals surface area contributed by atoms with Gasteiger partial charge in [0.1, 0.15) is 17.2 Å². The number of imidazole rings is 1. The first-order valence-corrected chi connectivity index (χ1v) is 10.0. The van der Waals surface area contributed by atoms with Crippen LogP contribution in [0.5, 0.6) is 0 Å². The third-order valence-corrected chi connectivity index (χ3v) is 5.58. The number of hydrogen-bond acceptors (Lipinski definition) is 5. The standard InChI is InChI=1S/C22H26N6O/c1-15-6-4-8-19(25-15)22(29)28-9-5-7-17(14-28)10-18-11-23-12-20(26-18)21-13-24-16(2)27(21)3/h4,6,8,11-13,17H,5,7,9-10,14H2,1-3H3/t17-/m0/s1. The number of carbonyl (C=O) groups excluding carboxylic acids is 1. The molecule has 3 aromatic heterocycles. The second kappa shape index (κ2) is 8.11. The van der Waals surface area contributed by atoms with E-state index in [4.69, 9.17) is 4.98 Å². The summed E-state index contributed by atoms with van der Waals surface area (Å²) in [5, 5.41) is 0. The molecule has 1 saturated heterocycles. The second-order valence-electron chi connectivity index (χ2n) is 7.77. The summed E-state index contributed by atoms with van der Waals surface area (Å²) < 4.78 is 2.02. The molecule has 1 aliphatic rings. The average Bonchev–Trinajstić information content (AvgIpc) is 3.06. The van der Waals surface area contributed by atoms with Gasteiger partial charge in [0.15, 0.2) is 0 Å². The molecular weight excluding hydrogens is 364 g/mol. The fraction of sp³-hybridized carbons (Fsp3) is 0.409. The molecule has 3 aromatic rings. The maximum absolute atomic E-state index is 12.9. The summed E-state index contributed by atoms with van der Waals surface area (Å²) in [7, 11) is 1.98. The van der Waals surface area contributed by atoms with Gasteiger partial charge in [-0.15, -0.1) is 0 Å². The van der Waals surface area contributed by atoms with Gasteiger partial charge in [-0.2, -0.15) is 0 Å². The molecule has 0 spiro atoms. The van der Waals surface area contributed by atoms with Gasteiger partial charge in [-0.25, -0.2) is 15.0 Å². The van der Waals surface area contributed by atoms with E-state index in [1.807, 2.05) is 54.9 Å². The lowest BCUT2D eigenvalue weighted by molar-refractivity contribution is 0.0666. The van der Waals surface area contributed by atoms with E-state index in [9.17, 15) is 4.79 Å². The number of amides is 1. The highest BCUT2D eigenvalue weighted by Gasteiger charge is 2.26. The smallest absolute Gasteiger partial charge is 0.272 e. The zero-order valence-corrected chi connectivity index (χ0v) is 17.2. The Labute approximate surface area is 170 Å². The van der Waals surface area contributed by atoms with Crippen LogP contribution in [0.2, 0.25) is 0 Å². The van der Waals surface area contributed by atoms with Crippen LogP contribution < -0.4 is 0 Å². The van der Waals surface area contributed by atoms with Crippen molar-refractivity contribution in [2.75, 3.05) is 13.1 Å². The van der Waals surface area contributed by atoms with Crippen LogP contribution in [0.3, 0.4) is 0 Å². The van der Waals surface area contributed by atoms with Crippen LogP contribution in [0.15, 0.2) is 36.8 Å². The van der Waals surface area contributed by atoms with Crippen molar-refractivity contribution in [1.29, 1.82) is 0 Å². The number of aryl methyl sites for hydroxylation is 2. The summed E-state index contributed by atoms with van der Waals surface area (Å²) in [5.41, 5.74) is 4.14. The van der Waals surface area contributed by atoms with E-state index in [0.717, 1.165) is 61.0 Å². The third kappa shape index (κ3) is 4.18. The van der Waals surface area contributed by atoms with Crippen molar-refractivity contribution in [3.05, 3.63) is 59.7 Å². The summed E-state index contributed by atoms with van der Waals surface area (Å²) in [4.78, 5) is 32.7. The van der Waals surface area contributed by atoms with Crippen LogP contribution in [-0.2, 0) is 13.5 Å². The molecule has 1 aliphatic heterocycles. The van der Waals surface area contributed by atoms with E-state index in [0.29, 0.717) is 11.6 Å². The minimum atomic E-state index is 0.0172. The van der Waals surface area contributed by atoms with Gasteiger partial charge < -0.3 is 9.47 Å². The first-order valence-electron chi connectivity index (χ1n) is 10.0. The van der Waals surface area contributed by atoms with E-state index >= 15 is 0 Å². The van der Waals surface area contributed by atoms with Gasteiger partial charge >= 0.3 is 0 Å². The van der Waals surface area contributed by atoms with Crippen LogP contribution in [0.1, 0.15) is 40.5 Å². The Hall–Kier alpha value is -3.09. The quantitative estimate of drug-likeness (QED) is 0.684. The van der Waals surface area contributed by atoms with Crippen LogP contribution in [0, 0.1) is 19.8 Å². The molecule has 29 heavy (non-hydrogen) atoms. The lowest BCUT2D eigenvalue weighted by Crippen LogP contribution is -2.41. The Kier molecular flexibility index (Phi) is 5.38. The highest BCUT2D eigenvalue weighted by molar-refractivity contribution is 5.92. The molecular formula is C22H26N6O. The normalized spacial score (nSPS) is 16.8. The molecule has 1 amide bonds. The van der Waals surface area contributed by atoms with Gasteiger partial charge in [-0.1, -0.05) is 6.07 Å². The molecule has 1 fully saturated rings. The number of piperidine rings is 1. The van der Waals surface area contributed by atoms with Crippen molar-refractivity contribution in [1.82, 2.24) is 29.4 Å². The van der Waals surface area contributed by atoms with Crippen molar-refractivity contribution in [2.24, 2.45) is 13.0 Å². The highest BCUT2D eigenvalue weighted by atomic mass is 16.2. The summed E-state index contributed by atoms with van der Waals surface area (Å²) >= 11 is 0. The molecule has 4 heterocycles. The average molecular weight is 390 g/mol. The highest BCUT2D eigenvalue weighted by Crippen LogP contribution is 2.23. The topological polar surface area (TPSA) is 76.8 Å². The summed E-state index contributed by atoms with van der Waals surface area (Å²) in [6, 6.07) is 5.59. The van der Waals surface area contributed by atoms with Crippen molar-refractivity contribution in [2.45, 2.75) is 33.1 Å². The molecule has 4 rings (SSSR count). The zero-order valence-electron chi connectivity index (χ0n) is 17.2. The largest absolute Gasteiger partial charge is 0.337 e. The zero-order chi connectivity index (χ0) is 20.4. The maximum Gasteiger partial charge on any atom is 0.272 e. The van der Waals surface area contributed by atoms with Crippen molar-refractivity contribution in [3.63, 3.8) is 0 Å². The van der Waals surface area contributed by atoms with Gasteiger partial charge in [0.05, 0.1) is 23.8 Å². The number of pyridine rings is 1. The second-order valence-corrected chi connectivity index (χ2v) is 7.77. The third-order valence-electron chi connectivity index (χ3n) is 5.58. The summed E-state index contributed by atoms with van der Waals surface area (Å²) in [6.45, 7) is 5.39. The van der Waals surface area contributed by atoms with Gasteiger partial charge in [0, 0.05) is 32.0 Å². The van der Waals surface area contributed by atoms with Gasteiger partial charge in [0.25, 0.3) is 5.91 Å². The number of aromatic nitrogens is 5. The Morgan fingerprint density at radius 2 is 2.03 bits per heavy atom. The molecule has 0 N–H and O–H groups in total. The lowest BCUT2D eigenvalue weighted by Gasteiger charge is -2.32. The Bertz CT molecular complexity index is 1030. The Morgan fingerprint density at radius 1 is 1.17 bits per heavy atom. The van der Waals surface area contributed by atoms with E-state index < -0.39 is 0 Å². The number of likely N-dealkylation sites (tertiary alicyclic amines) is 1. The minimum absolute atomic E-state index is 0.0172.